The Morgan fingerprint density at radius 3 is 1.12 bits per heavy atom. The van der Waals surface area contributed by atoms with Crippen LogP contribution in [0.25, 0.3) is 0 Å². The van der Waals surface area contributed by atoms with Crippen molar-refractivity contribution in [1.82, 2.24) is 0 Å². The van der Waals surface area contributed by atoms with E-state index < -0.39 is 5.78 Å². The summed E-state index contributed by atoms with van der Waals surface area (Å²) in [4.78, 5) is 81.5. The molecule has 248 valence electrons. The molecule has 0 aromatic heterocycles. The molecule has 10 heteroatoms. The molecule has 0 amide bonds. The molecule has 0 heterocycles. The first-order chi connectivity index (χ1) is 25.1. The van der Waals surface area contributed by atoms with Gasteiger partial charge in [-0.2, -0.15) is 0 Å². The zero-order chi connectivity index (χ0) is 36.0. The number of carbonyl (C=O) groups excluding carboxylic acids is 6. The van der Waals surface area contributed by atoms with E-state index in [1.807, 2.05) is 0 Å². The molecule has 0 aliphatic heterocycles. The minimum Gasteiger partial charge on any atom is -0.355 e. The molecule has 0 bridgehead atoms. The Balaban J connectivity index is 1.04. The van der Waals surface area contributed by atoms with Gasteiger partial charge >= 0.3 is 0 Å². The highest BCUT2D eigenvalue weighted by Gasteiger charge is 2.35. The lowest BCUT2D eigenvalue weighted by atomic mass is 9.82. The number of anilines is 4. The van der Waals surface area contributed by atoms with Crippen LogP contribution in [0.5, 0.6) is 0 Å². The van der Waals surface area contributed by atoms with Crippen LogP contribution in [-0.2, 0) is 0 Å². The number of halogens is 2. The Hall–Kier alpha value is -6.48. The average molecular weight is 720 g/mol. The van der Waals surface area contributed by atoms with Gasteiger partial charge in [0, 0.05) is 77.1 Å². The molecule has 52 heavy (non-hydrogen) atoms. The second kappa shape index (κ2) is 11.5. The first-order valence-corrected chi connectivity index (χ1v) is 16.8. The van der Waals surface area contributed by atoms with Crippen LogP contribution in [0, 0.1) is 0 Å². The standard InChI is InChI=1S/C42H20Cl2N2O6/c43-19-7-11-25-29(15-19)38(48)27-3-1-5-33(35(27)41(25)51)45-21-9-13-23-31(17-21)40(50)32-18-22(10-14-24(32)37(23)47)46-34-6-2-4-28-36(34)42(52)26-12-8-20(44)16-30(26)39(28)49/h1-18,45-46H. The summed E-state index contributed by atoms with van der Waals surface area (Å²) in [6.07, 6.45) is 0. The van der Waals surface area contributed by atoms with Crippen LogP contribution in [0.4, 0.5) is 22.7 Å². The summed E-state index contributed by atoms with van der Waals surface area (Å²) in [5.41, 5.74) is 4.10. The van der Waals surface area contributed by atoms with E-state index in [0.29, 0.717) is 32.8 Å². The first kappa shape index (κ1) is 31.5. The van der Waals surface area contributed by atoms with Crippen LogP contribution >= 0.6 is 23.2 Å². The molecule has 0 saturated heterocycles. The van der Waals surface area contributed by atoms with E-state index in [-0.39, 0.29) is 95.7 Å². The first-order valence-electron chi connectivity index (χ1n) is 16.0. The molecule has 8 nitrogen and oxygen atoms in total. The third-order valence-electron chi connectivity index (χ3n) is 9.59. The Morgan fingerprint density at radius 2 is 0.673 bits per heavy atom. The van der Waals surface area contributed by atoms with Crippen LogP contribution < -0.4 is 10.6 Å². The zero-order valence-corrected chi connectivity index (χ0v) is 28.1. The summed E-state index contributed by atoms with van der Waals surface area (Å²) in [7, 11) is 0. The highest BCUT2D eigenvalue weighted by Crippen LogP contribution is 2.38. The predicted molar refractivity (Wildman–Crippen MR) is 196 cm³/mol. The van der Waals surface area contributed by atoms with Gasteiger partial charge in [-0.3, -0.25) is 28.8 Å². The molecule has 0 radical (unpaired) electrons. The molecule has 9 rings (SSSR count). The summed E-state index contributed by atoms with van der Waals surface area (Å²) >= 11 is 12.2. The Labute approximate surface area is 305 Å². The van der Waals surface area contributed by atoms with Crippen LogP contribution in [-0.4, -0.2) is 34.7 Å². The SMILES string of the molecule is O=C1c2ccc(Nc3cccc4c3C(=O)c3ccc(Cl)cc3C4=O)cc2C(=O)c2cc(Nc3cccc4c3C(=O)c3ccc(Cl)cc3C4=O)ccc21. The fourth-order valence-corrected chi connectivity index (χ4v) is 7.51. The van der Waals surface area contributed by atoms with Gasteiger partial charge in [-0.25, -0.2) is 0 Å². The molecule has 0 atom stereocenters. The van der Waals surface area contributed by atoms with Gasteiger partial charge in [0.2, 0.25) is 0 Å². The van der Waals surface area contributed by atoms with Crippen molar-refractivity contribution in [3.05, 3.63) is 186 Å². The van der Waals surface area contributed by atoms with Crippen LogP contribution in [0.2, 0.25) is 10.0 Å². The van der Waals surface area contributed by atoms with Gasteiger partial charge in [0.1, 0.15) is 0 Å². The molecular weight excluding hydrogens is 699 g/mol. The molecule has 0 unspecified atom stereocenters. The highest BCUT2D eigenvalue weighted by molar-refractivity contribution is 6.35. The van der Waals surface area contributed by atoms with Crippen LogP contribution in [0.3, 0.4) is 0 Å². The van der Waals surface area contributed by atoms with E-state index in [9.17, 15) is 28.8 Å². The van der Waals surface area contributed by atoms with Crippen molar-refractivity contribution in [2.24, 2.45) is 0 Å². The fraction of sp³-hybridized carbons (Fsp3) is 0. The number of fused-ring (bicyclic) bond motifs is 6. The lowest BCUT2D eigenvalue weighted by Gasteiger charge is -2.23. The molecule has 0 saturated carbocycles. The quantitative estimate of drug-likeness (QED) is 0.185. The van der Waals surface area contributed by atoms with Crippen LogP contribution in [0.1, 0.15) is 95.5 Å². The summed E-state index contributed by atoms with van der Waals surface area (Å²) in [5, 5.41) is 7.06. The van der Waals surface area contributed by atoms with Gasteiger partial charge in [-0.15, -0.1) is 0 Å². The molecular formula is C42H20Cl2N2O6. The number of ketones is 6. The average Bonchev–Trinajstić information content (AvgIpc) is 3.14. The lowest BCUT2D eigenvalue weighted by molar-refractivity contribution is 0.0979. The van der Waals surface area contributed by atoms with Crippen molar-refractivity contribution in [2.75, 3.05) is 10.6 Å². The van der Waals surface area contributed by atoms with Gasteiger partial charge in [0.25, 0.3) is 0 Å². The minimum absolute atomic E-state index is 0.153. The zero-order valence-electron chi connectivity index (χ0n) is 26.6. The van der Waals surface area contributed by atoms with E-state index in [2.05, 4.69) is 10.6 Å². The Kier molecular flexibility index (Phi) is 6.98. The maximum absolute atomic E-state index is 14.0. The largest absolute Gasteiger partial charge is 0.355 e. The van der Waals surface area contributed by atoms with Crippen molar-refractivity contribution < 1.29 is 28.8 Å². The summed E-state index contributed by atoms with van der Waals surface area (Å²) in [6, 6.07) is 28.4. The maximum atomic E-state index is 14.0. The molecule has 3 aliphatic carbocycles. The molecule has 2 N–H and O–H groups in total. The summed E-state index contributed by atoms with van der Waals surface area (Å²) in [5.74, 6) is -2.10. The van der Waals surface area contributed by atoms with E-state index in [4.69, 9.17) is 23.2 Å². The summed E-state index contributed by atoms with van der Waals surface area (Å²) in [6.45, 7) is 0. The number of hydrogen-bond acceptors (Lipinski definition) is 8. The normalized spacial score (nSPS) is 13.8. The highest BCUT2D eigenvalue weighted by atomic mass is 35.5. The molecule has 6 aromatic carbocycles. The monoisotopic (exact) mass is 718 g/mol. The van der Waals surface area contributed by atoms with Gasteiger partial charge < -0.3 is 10.6 Å². The number of rotatable bonds is 4. The molecule has 6 aromatic rings. The predicted octanol–water partition coefficient (Wildman–Crippen LogP) is 8.81. The van der Waals surface area contributed by atoms with E-state index in [0.717, 1.165) is 0 Å². The van der Waals surface area contributed by atoms with Crippen molar-refractivity contribution >= 4 is 80.7 Å². The number of carbonyl (C=O) groups is 6. The van der Waals surface area contributed by atoms with Crippen molar-refractivity contribution in [2.45, 2.75) is 0 Å². The summed E-state index contributed by atoms with van der Waals surface area (Å²) < 4.78 is 0. The molecule has 0 fully saturated rings. The fourth-order valence-electron chi connectivity index (χ4n) is 7.16. The number of benzene rings is 6. The van der Waals surface area contributed by atoms with Crippen molar-refractivity contribution in [3.8, 4) is 0 Å². The number of nitrogens with one attached hydrogen (secondary N) is 2. The van der Waals surface area contributed by atoms with Gasteiger partial charge in [-0.05, 0) is 84.9 Å². The number of hydrogen-bond donors (Lipinski definition) is 2. The smallest absolute Gasteiger partial charge is 0.196 e. The second-order valence-corrected chi connectivity index (χ2v) is 13.5. The maximum Gasteiger partial charge on any atom is 0.196 e. The second-order valence-electron chi connectivity index (χ2n) is 12.6. The Morgan fingerprint density at radius 1 is 0.327 bits per heavy atom. The third-order valence-corrected chi connectivity index (χ3v) is 10.1. The van der Waals surface area contributed by atoms with Gasteiger partial charge in [0.05, 0.1) is 22.5 Å². The van der Waals surface area contributed by atoms with E-state index >= 15 is 0 Å². The topological polar surface area (TPSA) is 126 Å². The third kappa shape index (κ3) is 4.69. The van der Waals surface area contributed by atoms with Crippen LogP contribution in [0.15, 0.2) is 109 Å². The molecule has 3 aliphatic rings. The minimum atomic E-state index is -0.406. The van der Waals surface area contributed by atoms with Gasteiger partial charge in [-0.1, -0.05) is 47.5 Å². The van der Waals surface area contributed by atoms with E-state index in [1.165, 1.54) is 24.3 Å². The molecule has 0 spiro atoms. The van der Waals surface area contributed by atoms with Crippen molar-refractivity contribution in [3.63, 3.8) is 0 Å². The lowest BCUT2D eigenvalue weighted by Crippen LogP contribution is -2.23. The van der Waals surface area contributed by atoms with Crippen molar-refractivity contribution in [1.29, 1.82) is 0 Å². The van der Waals surface area contributed by atoms with E-state index in [1.54, 1.807) is 84.9 Å². The Bertz CT molecular complexity index is 2550. The van der Waals surface area contributed by atoms with Gasteiger partial charge in [0.15, 0.2) is 34.7 Å².